The number of halogens is 3. The molecular weight excluding hydrogens is 305 g/mol. The summed E-state index contributed by atoms with van der Waals surface area (Å²) in [6, 6.07) is 6.16. The number of benzene rings is 1. The summed E-state index contributed by atoms with van der Waals surface area (Å²) in [5, 5.41) is 4.91. The van der Waals surface area contributed by atoms with E-state index in [-0.39, 0.29) is 11.7 Å². The molecule has 2 atom stereocenters. The van der Waals surface area contributed by atoms with Gasteiger partial charge in [0.05, 0.1) is 0 Å². The third-order valence-corrected chi connectivity index (χ3v) is 3.55. The molecule has 0 spiro atoms. The van der Waals surface area contributed by atoms with Crippen LogP contribution < -0.4 is 10.6 Å². The highest BCUT2D eigenvalue weighted by molar-refractivity contribution is 7.84. The lowest BCUT2D eigenvalue weighted by atomic mass is 10.2. The third-order valence-electron chi connectivity index (χ3n) is 2.58. The summed E-state index contributed by atoms with van der Waals surface area (Å²) in [4.78, 5) is 10.8. The molecule has 0 saturated heterocycles. The molecule has 0 fully saturated rings. The summed E-state index contributed by atoms with van der Waals surface area (Å²) in [5.41, 5.74) is 0.812. The number of rotatable bonds is 6. The molecule has 0 bridgehead atoms. The summed E-state index contributed by atoms with van der Waals surface area (Å²) in [5.74, 6) is -1.51. The van der Waals surface area contributed by atoms with Crippen LogP contribution in [0.15, 0.2) is 24.3 Å². The topological polar surface area (TPSA) is 58.2 Å². The molecule has 0 aliphatic rings. The Balaban J connectivity index is 2.60. The van der Waals surface area contributed by atoms with Gasteiger partial charge in [-0.1, -0.05) is 12.1 Å². The maximum atomic E-state index is 12.2. The zero-order chi connectivity index (χ0) is 16.0. The van der Waals surface area contributed by atoms with Gasteiger partial charge in [-0.25, -0.2) is 0 Å². The van der Waals surface area contributed by atoms with E-state index in [4.69, 9.17) is 0 Å². The third kappa shape index (κ3) is 6.72. The first-order valence-electron chi connectivity index (χ1n) is 6.19. The van der Waals surface area contributed by atoms with Crippen molar-refractivity contribution in [2.45, 2.75) is 25.7 Å². The van der Waals surface area contributed by atoms with Gasteiger partial charge in [0.15, 0.2) is 0 Å². The number of nitrogens with one attached hydrogen (secondary N) is 2. The lowest BCUT2D eigenvalue weighted by Crippen LogP contribution is -2.31. The minimum Gasteiger partial charge on any atom is -0.318 e. The van der Waals surface area contributed by atoms with Gasteiger partial charge in [0.2, 0.25) is 0 Å². The van der Waals surface area contributed by atoms with E-state index in [1.54, 1.807) is 23.7 Å². The van der Waals surface area contributed by atoms with Crippen molar-refractivity contribution in [2.75, 3.05) is 17.3 Å². The molecule has 0 saturated carbocycles. The minimum atomic E-state index is -4.91. The Morgan fingerprint density at radius 2 is 2.05 bits per heavy atom. The van der Waals surface area contributed by atoms with E-state index in [9.17, 15) is 22.2 Å². The molecule has 0 aliphatic heterocycles. The smallest absolute Gasteiger partial charge is 0.318 e. The van der Waals surface area contributed by atoms with Gasteiger partial charge in [-0.3, -0.25) is 9.00 Å². The van der Waals surface area contributed by atoms with Crippen molar-refractivity contribution in [3.63, 3.8) is 0 Å². The highest BCUT2D eigenvalue weighted by Gasteiger charge is 2.38. The summed E-state index contributed by atoms with van der Waals surface area (Å²) < 4.78 is 47.5. The van der Waals surface area contributed by atoms with Crippen molar-refractivity contribution in [3.8, 4) is 0 Å². The van der Waals surface area contributed by atoms with Gasteiger partial charge in [0, 0.05) is 41.1 Å². The second-order valence-corrected chi connectivity index (χ2v) is 6.15. The molecule has 0 heterocycles. The first kappa shape index (κ1) is 17.6. The molecule has 8 heteroatoms. The minimum absolute atomic E-state index is 0.0178. The average molecular weight is 322 g/mol. The summed E-state index contributed by atoms with van der Waals surface area (Å²) in [6.07, 6.45) is -3.31. The lowest BCUT2D eigenvalue weighted by molar-refractivity contribution is -0.167. The largest absolute Gasteiger partial charge is 0.471 e. The SMILES string of the molecule is CC(CS(C)=O)NCc1cccc(NC(=O)C(F)(F)F)c1. The number of anilines is 1. The van der Waals surface area contributed by atoms with Crippen LogP contribution in [0.1, 0.15) is 12.5 Å². The number of hydrogen-bond donors (Lipinski definition) is 2. The van der Waals surface area contributed by atoms with Crippen LogP contribution >= 0.6 is 0 Å². The fourth-order valence-corrected chi connectivity index (χ4v) is 2.49. The summed E-state index contributed by atoms with van der Waals surface area (Å²) >= 11 is 0. The van der Waals surface area contributed by atoms with E-state index in [2.05, 4.69) is 5.32 Å². The molecule has 0 aromatic heterocycles. The number of carbonyl (C=O) groups excluding carboxylic acids is 1. The van der Waals surface area contributed by atoms with Crippen LogP contribution in [0, 0.1) is 0 Å². The fourth-order valence-electron chi connectivity index (χ4n) is 1.66. The zero-order valence-electron chi connectivity index (χ0n) is 11.7. The van der Waals surface area contributed by atoms with E-state index in [1.165, 1.54) is 12.1 Å². The number of alkyl halides is 3. The predicted octanol–water partition coefficient (Wildman–Crippen LogP) is 2.04. The summed E-state index contributed by atoms with van der Waals surface area (Å²) in [7, 11) is -0.920. The molecular formula is C13H17F3N2O2S. The zero-order valence-corrected chi connectivity index (χ0v) is 12.5. The molecule has 118 valence electrons. The number of hydrogen-bond acceptors (Lipinski definition) is 3. The first-order valence-corrected chi connectivity index (χ1v) is 7.91. The Hall–Kier alpha value is -1.41. The Bertz CT molecular complexity index is 520. The molecule has 1 amide bonds. The van der Waals surface area contributed by atoms with Crippen molar-refractivity contribution in [1.82, 2.24) is 5.32 Å². The monoisotopic (exact) mass is 322 g/mol. The van der Waals surface area contributed by atoms with Crippen molar-refractivity contribution >= 4 is 22.4 Å². The van der Waals surface area contributed by atoms with Crippen molar-refractivity contribution in [2.24, 2.45) is 0 Å². The number of carbonyl (C=O) groups is 1. The van der Waals surface area contributed by atoms with Crippen molar-refractivity contribution < 1.29 is 22.2 Å². The highest BCUT2D eigenvalue weighted by Crippen LogP contribution is 2.18. The van der Waals surface area contributed by atoms with Gasteiger partial charge in [-0.15, -0.1) is 0 Å². The van der Waals surface area contributed by atoms with Gasteiger partial charge >= 0.3 is 12.1 Å². The average Bonchev–Trinajstić information content (AvgIpc) is 2.35. The number of amides is 1. The Morgan fingerprint density at radius 1 is 1.38 bits per heavy atom. The van der Waals surface area contributed by atoms with Crippen LogP contribution in [-0.2, 0) is 22.1 Å². The fraction of sp³-hybridized carbons (Fsp3) is 0.462. The molecule has 1 aromatic carbocycles. The molecule has 1 rings (SSSR count). The van der Waals surface area contributed by atoms with Crippen LogP contribution in [0.4, 0.5) is 18.9 Å². The van der Waals surface area contributed by atoms with Crippen LogP contribution in [0.2, 0.25) is 0 Å². The molecule has 2 unspecified atom stereocenters. The van der Waals surface area contributed by atoms with Crippen molar-refractivity contribution in [1.29, 1.82) is 0 Å². The van der Waals surface area contributed by atoms with E-state index >= 15 is 0 Å². The highest BCUT2D eigenvalue weighted by atomic mass is 32.2. The summed E-state index contributed by atoms with van der Waals surface area (Å²) in [6.45, 7) is 2.28. The Labute approximate surface area is 123 Å². The van der Waals surface area contributed by atoms with Gasteiger partial charge in [0.1, 0.15) is 0 Å². The van der Waals surface area contributed by atoms with E-state index in [0.29, 0.717) is 12.3 Å². The van der Waals surface area contributed by atoms with Gasteiger partial charge in [-0.2, -0.15) is 13.2 Å². The molecule has 0 aliphatic carbocycles. The Morgan fingerprint density at radius 3 is 2.62 bits per heavy atom. The van der Waals surface area contributed by atoms with E-state index in [1.807, 2.05) is 6.92 Å². The van der Waals surface area contributed by atoms with Gasteiger partial charge in [-0.05, 0) is 24.6 Å². The van der Waals surface area contributed by atoms with E-state index < -0.39 is 22.9 Å². The van der Waals surface area contributed by atoms with Crippen LogP contribution in [0.25, 0.3) is 0 Å². The maximum Gasteiger partial charge on any atom is 0.471 e. The molecule has 2 N–H and O–H groups in total. The van der Waals surface area contributed by atoms with Crippen LogP contribution in [0.3, 0.4) is 0 Å². The second-order valence-electron chi connectivity index (χ2n) is 4.67. The normalized spacial score (nSPS) is 14.5. The Kier molecular flexibility index (Phi) is 6.35. The predicted molar refractivity (Wildman–Crippen MR) is 76.4 cm³/mol. The van der Waals surface area contributed by atoms with Crippen LogP contribution in [-0.4, -0.2) is 34.3 Å². The quantitative estimate of drug-likeness (QED) is 0.843. The van der Waals surface area contributed by atoms with Crippen LogP contribution in [0.5, 0.6) is 0 Å². The van der Waals surface area contributed by atoms with Gasteiger partial charge < -0.3 is 10.6 Å². The molecule has 21 heavy (non-hydrogen) atoms. The maximum absolute atomic E-state index is 12.2. The van der Waals surface area contributed by atoms with Crippen molar-refractivity contribution in [3.05, 3.63) is 29.8 Å². The van der Waals surface area contributed by atoms with E-state index in [0.717, 1.165) is 5.56 Å². The lowest BCUT2D eigenvalue weighted by Gasteiger charge is -2.13. The molecule has 0 radical (unpaired) electrons. The molecule has 4 nitrogen and oxygen atoms in total. The first-order chi connectivity index (χ1) is 9.68. The van der Waals surface area contributed by atoms with Gasteiger partial charge in [0.25, 0.3) is 0 Å². The second kappa shape index (κ2) is 7.56. The standard InChI is InChI=1S/C13H17F3N2O2S/c1-9(8-21(2)20)17-7-10-4-3-5-11(6-10)18-12(19)13(14,15)16/h3-6,9,17H,7-8H2,1-2H3,(H,18,19). The molecule has 1 aromatic rings.